The Morgan fingerprint density at radius 3 is 3.23 bits per heavy atom. The zero-order chi connectivity index (χ0) is 9.26. The maximum Gasteiger partial charge on any atom is 0.419 e. The zero-order valence-corrected chi connectivity index (χ0v) is 6.74. The van der Waals surface area contributed by atoms with Gasteiger partial charge in [-0.1, -0.05) is 12.2 Å². The molecule has 2 rings (SSSR count). The lowest BCUT2D eigenvalue weighted by molar-refractivity contribution is 0.184. The van der Waals surface area contributed by atoms with Crippen molar-refractivity contribution in [3.05, 3.63) is 23.9 Å². The van der Waals surface area contributed by atoms with Crippen molar-refractivity contribution in [3.63, 3.8) is 0 Å². The average molecular weight is 182 g/mol. The minimum atomic E-state index is -1.10. The number of nitrogens with one attached hydrogen (secondary N) is 4. The highest BCUT2D eigenvalue weighted by Crippen LogP contribution is 2.22. The number of carbonyl (C=O) groups is 1. The first kappa shape index (κ1) is 8.09. The normalized spacial score (nSPS) is 29.4. The summed E-state index contributed by atoms with van der Waals surface area (Å²) in [7, 11) is 0. The molecule has 1 aliphatic carbocycles. The first-order valence-electron chi connectivity index (χ1n) is 3.92. The van der Waals surface area contributed by atoms with Crippen molar-refractivity contribution >= 4 is 6.09 Å². The summed E-state index contributed by atoms with van der Waals surface area (Å²) in [6.45, 7) is 0. The Hall–Kier alpha value is -1.53. The van der Waals surface area contributed by atoms with Gasteiger partial charge in [0, 0.05) is 5.70 Å². The highest BCUT2D eigenvalue weighted by Gasteiger charge is 2.30. The van der Waals surface area contributed by atoms with Crippen molar-refractivity contribution in [2.45, 2.75) is 6.17 Å². The van der Waals surface area contributed by atoms with Gasteiger partial charge in [0.05, 0.1) is 5.92 Å². The second-order valence-corrected chi connectivity index (χ2v) is 2.85. The Kier molecular flexibility index (Phi) is 1.91. The van der Waals surface area contributed by atoms with E-state index in [1.807, 2.05) is 18.2 Å². The molecular weight excluding hydrogens is 172 g/mol. The van der Waals surface area contributed by atoms with E-state index in [4.69, 9.17) is 5.11 Å². The molecule has 2 atom stereocenters. The van der Waals surface area contributed by atoms with Crippen LogP contribution in [0.2, 0.25) is 0 Å². The van der Waals surface area contributed by atoms with Gasteiger partial charge < -0.3 is 10.5 Å². The average Bonchev–Trinajstić information content (AvgIpc) is 2.60. The van der Waals surface area contributed by atoms with Gasteiger partial charge in [0.2, 0.25) is 0 Å². The number of allylic oxidation sites excluding steroid dienone is 2. The van der Waals surface area contributed by atoms with Gasteiger partial charge in [-0.05, 0) is 6.08 Å². The molecule has 1 amide bonds. The van der Waals surface area contributed by atoms with Crippen molar-refractivity contribution in [2.24, 2.45) is 5.92 Å². The predicted octanol–water partition coefficient (Wildman–Crippen LogP) is -0.738. The Labute approximate surface area is 74.6 Å². The van der Waals surface area contributed by atoms with Crippen molar-refractivity contribution in [1.29, 1.82) is 0 Å². The van der Waals surface area contributed by atoms with Crippen LogP contribution < -0.4 is 21.7 Å². The fourth-order valence-electron chi connectivity index (χ4n) is 1.43. The van der Waals surface area contributed by atoms with Gasteiger partial charge in [0.25, 0.3) is 0 Å². The summed E-state index contributed by atoms with van der Waals surface area (Å²) in [4.78, 5) is 10.2. The zero-order valence-electron chi connectivity index (χ0n) is 6.74. The molecule has 0 saturated carbocycles. The van der Waals surface area contributed by atoms with E-state index in [9.17, 15) is 4.79 Å². The van der Waals surface area contributed by atoms with Crippen molar-refractivity contribution < 1.29 is 9.90 Å². The number of hydrogen-bond acceptors (Lipinski definition) is 4. The quantitative estimate of drug-likeness (QED) is 0.363. The molecular formula is C7H10N4O2. The minimum absolute atomic E-state index is 0.138. The van der Waals surface area contributed by atoms with Crippen molar-refractivity contribution in [3.8, 4) is 0 Å². The molecule has 6 heteroatoms. The first-order chi connectivity index (χ1) is 6.27. The Balaban J connectivity index is 1.91. The Bertz CT molecular complexity index is 286. The standard InChI is InChI=1S/C7H10N4O2/c12-7(13)11-10-6-4-2-1-3-5(4)8-9-6/h1-4,6,8-11H,(H,12,13). The highest BCUT2D eigenvalue weighted by atomic mass is 16.4. The van der Waals surface area contributed by atoms with Gasteiger partial charge in [-0.15, -0.1) is 0 Å². The predicted molar refractivity (Wildman–Crippen MR) is 45.1 cm³/mol. The third-order valence-corrected chi connectivity index (χ3v) is 2.02. The third kappa shape index (κ3) is 1.49. The smallest absolute Gasteiger partial charge is 0.419 e. The number of hydrazine groups is 2. The Morgan fingerprint density at radius 1 is 1.62 bits per heavy atom. The van der Waals surface area contributed by atoms with Crippen LogP contribution >= 0.6 is 0 Å². The second-order valence-electron chi connectivity index (χ2n) is 2.85. The Morgan fingerprint density at radius 2 is 2.46 bits per heavy atom. The van der Waals surface area contributed by atoms with Crippen LogP contribution in [-0.4, -0.2) is 17.4 Å². The molecule has 0 spiro atoms. The van der Waals surface area contributed by atoms with E-state index in [-0.39, 0.29) is 12.1 Å². The summed E-state index contributed by atoms with van der Waals surface area (Å²) < 4.78 is 0. The van der Waals surface area contributed by atoms with E-state index in [0.29, 0.717) is 0 Å². The van der Waals surface area contributed by atoms with Crippen LogP contribution in [0.4, 0.5) is 4.79 Å². The van der Waals surface area contributed by atoms with E-state index in [0.717, 1.165) is 5.70 Å². The van der Waals surface area contributed by atoms with E-state index < -0.39 is 6.09 Å². The molecule has 2 unspecified atom stereocenters. The molecule has 1 heterocycles. The number of carboxylic acid groups (broad SMARTS) is 1. The number of hydrogen-bond donors (Lipinski definition) is 5. The highest BCUT2D eigenvalue weighted by molar-refractivity contribution is 5.63. The molecule has 1 fully saturated rings. The topological polar surface area (TPSA) is 85.4 Å². The monoisotopic (exact) mass is 182 g/mol. The molecule has 0 bridgehead atoms. The van der Waals surface area contributed by atoms with Gasteiger partial charge in [0.15, 0.2) is 0 Å². The van der Waals surface area contributed by atoms with E-state index in [2.05, 4.69) is 21.7 Å². The number of rotatable bonds is 2. The third-order valence-electron chi connectivity index (χ3n) is 2.02. The second kappa shape index (κ2) is 3.08. The largest absolute Gasteiger partial charge is 0.464 e. The van der Waals surface area contributed by atoms with Gasteiger partial charge >= 0.3 is 6.09 Å². The van der Waals surface area contributed by atoms with Crippen molar-refractivity contribution in [2.75, 3.05) is 0 Å². The van der Waals surface area contributed by atoms with Gasteiger partial charge in [0.1, 0.15) is 6.17 Å². The van der Waals surface area contributed by atoms with E-state index in [1.54, 1.807) is 0 Å². The summed E-state index contributed by atoms with van der Waals surface area (Å²) in [5.74, 6) is 0.173. The first-order valence-corrected chi connectivity index (χ1v) is 3.92. The fourth-order valence-corrected chi connectivity index (χ4v) is 1.43. The molecule has 13 heavy (non-hydrogen) atoms. The summed E-state index contributed by atoms with van der Waals surface area (Å²) in [6, 6.07) is 0. The molecule has 0 aromatic heterocycles. The maximum absolute atomic E-state index is 10.2. The van der Waals surface area contributed by atoms with Gasteiger partial charge in [-0.2, -0.15) is 0 Å². The molecule has 0 radical (unpaired) electrons. The lowest BCUT2D eigenvalue weighted by atomic mass is 10.1. The van der Waals surface area contributed by atoms with Crippen LogP contribution in [0.3, 0.4) is 0 Å². The molecule has 0 aromatic carbocycles. The van der Waals surface area contributed by atoms with Gasteiger partial charge in [-0.25, -0.2) is 15.6 Å². The summed E-state index contributed by atoms with van der Waals surface area (Å²) in [5.41, 5.74) is 11.6. The summed E-state index contributed by atoms with van der Waals surface area (Å²) >= 11 is 0. The molecule has 6 nitrogen and oxygen atoms in total. The number of amides is 1. The SMILES string of the molecule is O=C(O)NNC1NNC2=CC=CC21. The molecule has 0 aromatic rings. The molecule has 70 valence electrons. The number of fused-ring (bicyclic) bond motifs is 1. The minimum Gasteiger partial charge on any atom is -0.464 e. The van der Waals surface area contributed by atoms with Crippen LogP contribution in [0.5, 0.6) is 0 Å². The lowest BCUT2D eigenvalue weighted by Gasteiger charge is -2.14. The molecule has 5 N–H and O–H groups in total. The van der Waals surface area contributed by atoms with Crippen LogP contribution in [0, 0.1) is 5.92 Å². The van der Waals surface area contributed by atoms with Crippen LogP contribution in [0.1, 0.15) is 0 Å². The fraction of sp³-hybridized carbons (Fsp3) is 0.286. The maximum atomic E-state index is 10.2. The van der Waals surface area contributed by atoms with Crippen molar-refractivity contribution in [1.82, 2.24) is 21.7 Å². The van der Waals surface area contributed by atoms with Crippen LogP contribution in [0.25, 0.3) is 0 Å². The van der Waals surface area contributed by atoms with Crippen LogP contribution in [0.15, 0.2) is 23.9 Å². The van der Waals surface area contributed by atoms with E-state index in [1.165, 1.54) is 0 Å². The summed E-state index contributed by atoms with van der Waals surface area (Å²) in [6.07, 6.45) is 4.63. The molecule has 1 saturated heterocycles. The molecule has 2 aliphatic rings. The summed E-state index contributed by atoms with van der Waals surface area (Å²) in [5, 5.41) is 8.36. The van der Waals surface area contributed by atoms with E-state index >= 15 is 0 Å². The van der Waals surface area contributed by atoms with Crippen LogP contribution in [-0.2, 0) is 0 Å². The molecule has 1 aliphatic heterocycles. The van der Waals surface area contributed by atoms with Gasteiger partial charge in [-0.3, -0.25) is 5.43 Å². The lowest BCUT2D eigenvalue weighted by Crippen LogP contribution is -2.51.